The third kappa shape index (κ3) is 3.27. The van der Waals surface area contributed by atoms with Crippen molar-refractivity contribution >= 4 is 11.7 Å². The minimum Gasteiger partial charge on any atom is -0.310 e. The molecular weight excluding hydrogens is 214 g/mol. The van der Waals surface area contributed by atoms with E-state index in [1.165, 1.54) is 0 Å². The first-order chi connectivity index (χ1) is 8.29. The molecule has 4 nitrogen and oxygen atoms in total. The Bertz CT molecular complexity index is 358. The molecule has 0 aliphatic carbocycles. The van der Waals surface area contributed by atoms with Crippen LogP contribution in [-0.2, 0) is 4.79 Å². The number of hydrogen-bond acceptors (Lipinski definition) is 3. The summed E-state index contributed by atoms with van der Waals surface area (Å²) in [7, 11) is 0. The van der Waals surface area contributed by atoms with Crippen LogP contribution in [0.15, 0.2) is 24.4 Å². The zero-order chi connectivity index (χ0) is 12.1. The Morgan fingerprint density at radius 2 is 2.24 bits per heavy atom. The summed E-state index contributed by atoms with van der Waals surface area (Å²) in [4.78, 5) is 18.5. The molecule has 0 unspecified atom stereocenters. The van der Waals surface area contributed by atoms with Gasteiger partial charge >= 0.3 is 0 Å². The fraction of sp³-hybridized carbons (Fsp3) is 0.538. The summed E-state index contributed by atoms with van der Waals surface area (Å²) in [5.41, 5.74) is 0. The number of nitrogens with zero attached hydrogens (tertiary/aromatic N) is 2. The maximum Gasteiger partial charge on any atom is 0.228 e. The predicted octanol–water partition coefficient (Wildman–Crippen LogP) is 1.75. The van der Waals surface area contributed by atoms with E-state index >= 15 is 0 Å². The van der Waals surface area contributed by atoms with Gasteiger partial charge in [0.2, 0.25) is 5.91 Å². The number of likely N-dealkylation sites (tertiary alicyclic amines) is 1. The van der Waals surface area contributed by atoms with Gasteiger partial charge in [0.15, 0.2) is 0 Å². The number of hydrogen-bond donors (Lipinski definition) is 1. The van der Waals surface area contributed by atoms with E-state index in [4.69, 9.17) is 0 Å². The number of nitrogens with one attached hydrogen (secondary N) is 1. The van der Waals surface area contributed by atoms with Crippen molar-refractivity contribution in [2.45, 2.75) is 19.8 Å². The van der Waals surface area contributed by atoms with Crippen LogP contribution in [0.25, 0.3) is 0 Å². The number of amides is 1. The maximum atomic E-state index is 12.0. The third-order valence-corrected chi connectivity index (χ3v) is 3.32. The van der Waals surface area contributed by atoms with Gasteiger partial charge in [-0.25, -0.2) is 4.98 Å². The van der Waals surface area contributed by atoms with Gasteiger partial charge in [-0.05, 0) is 44.6 Å². The molecule has 0 saturated carbocycles. The molecule has 4 heteroatoms. The summed E-state index contributed by atoms with van der Waals surface area (Å²) in [5, 5.41) is 2.88. The standard InChI is InChI=1S/C13H19N3O/c1-2-16-9-6-11(7-10-16)13(17)15-12-5-3-4-8-14-12/h3-5,8,11H,2,6-7,9-10H2,1H3,(H,14,15,17). The van der Waals surface area contributed by atoms with E-state index in [2.05, 4.69) is 22.1 Å². The molecule has 1 aliphatic rings. The Morgan fingerprint density at radius 1 is 1.47 bits per heavy atom. The normalized spacial score (nSPS) is 17.9. The molecule has 17 heavy (non-hydrogen) atoms. The molecule has 2 rings (SSSR count). The van der Waals surface area contributed by atoms with Gasteiger partial charge in [0.05, 0.1) is 0 Å². The summed E-state index contributed by atoms with van der Waals surface area (Å²) in [6.07, 6.45) is 3.59. The molecule has 1 aromatic rings. The van der Waals surface area contributed by atoms with Crippen LogP contribution in [0, 0.1) is 5.92 Å². The first-order valence-corrected chi connectivity index (χ1v) is 6.24. The van der Waals surface area contributed by atoms with Crippen molar-refractivity contribution in [1.82, 2.24) is 9.88 Å². The van der Waals surface area contributed by atoms with Gasteiger partial charge in [-0.1, -0.05) is 13.0 Å². The lowest BCUT2D eigenvalue weighted by molar-refractivity contribution is -0.121. The van der Waals surface area contributed by atoms with Gasteiger partial charge in [-0.2, -0.15) is 0 Å². The van der Waals surface area contributed by atoms with Crippen molar-refractivity contribution in [3.05, 3.63) is 24.4 Å². The quantitative estimate of drug-likeness (QED) is 0.865. The molecule has 0 radical (unpaired) electrons. The number of pyridine rings is 1. The summed E-state index contributed by atoms with van der Waals surface area (Å²) < 4.78 is 0. The summed E-state index contributed by atoms with van der Waals surface area (Å²) in [6, 6.07) is 5.54. The van der Waals surface area contributed by atoms with Crippen LogP contribution < -0.4 is 5.32 Å². The lowest BCUT2D eigenvalue weighted by atomic mass is 9.96. The van der Waals surface area contributed by atoms with Gasteiger partial charge in [0.1, 0.15) is 5.82 Å². The van der Waals surface area contributed by atoms with Crippen molar-refractivity contribution in [3.8, 4) is 0 Å². The average Bonchev–Trinajstić information content (AvgIpc) is 2.40. The number of rotatable bonds is 3. The molecular formula is C13H19N3O. The van der Waals surface area contributed by atoms with E-state index < -0.39 is 0 Å². The highest BCUT2D eigenvalue weighted by Crippen LogP contribution is 2.18. The van der Waals surface area contributed by atoms with E-state index in [-0.39, 0.29) is 11.8 Å². The summed E-state index contributed by atoms with van der Waals surface area (Å²) in [6.45, 7) is 5.29. The minimum atomic E-state index is 0.111. The van der Waals surface area contributed by atoms with Crippen molar-refractivity contribution in [2.24, 2.45) is 5.92 Å². The van der Waals surface area contributed by atoms with E-state index in [1.807, 2.05) is 18.2 Å². The van der Waals surface area contributed by atoms with Crippen LogP contribution in [0.5, 0.6) is 0 Å². The van der Waals surface area contributed by atoms with Crippen LogP contribution in [0.3, 0.4) is 0 Å². The largest absolute Gasteiger partial charge is 0.310 e. The molecule has 2 heterocycles. The van der Waals surface area contributed by atoms with Gasteiger partial charge in [0.25, 0.3) is 0 Å². The molecule has 1 fully saturated rings. The molecule has 0 spiro atoms. The first-order valence-electron chi connectivity index (χ1n) is 6.24. The fourth-order valence-corrected chi connectivity index (χ4v) is 2.18. The second-order valence-corrected chi connectivity index (χ2v) is 4.41. The van der Waals surface area contributed by atoms with Gasteiger partial charge < -0.3 is 10.2 Å². The minimum absolute atomic E-state index is 0.111. The topological polar surface area (TPSA) is 45.2 Å². The van der Waals surface area contributed by atoms with Crippen molar-refractivity contribution < 1.29 is 4.79 Å². The summed E-state index contributed by atoms with van der Waals surface area (Å²) >= 11 is 0. The number of anilines is 1. The van der Waals surface area contributed by atoms with Gasteiger partial charge in [-0.3, -0.25) is 4.79 Å². The molecule has 1 aliphatic heterocycles. The predicted molar refractivity (Wildman–Crippen MR) is 67.7 cm³/mol. The number of carbonyl (C=O) groups excluding carboxylic acids is 1. The highest BCUT2D eigenvalue weighted by atomic mass is 16.1. The van der Waals surface area contributed by atoms with Crippen molar-refractivity contribution in [1.29, 1.82) is 0 Å². The Labute approximate surface area is 102 Å². The number of piperidine rings is 1. The highest BCUT2D eigenvalue weighted by molar-refractivity contribution is 5.91. The van der Waals surface area contributed by atoms with Crippen molar-refractivity contribution in [3.63, 3.8) is 0 Å². The van der Waals surface area contributed by atoms with E-state index in [0.717, 1.165) is 32.5 Å². The zero-order valence-corrected chi connectivity index (χ0v) is 10.2. The highest BCUT2D eigenvalue weighted by Gasteiger charge is 2.24. The molecule has 92 valence electrons. The van der Waals surface area contributed by atoms with E-state index in [0.29, 0.717) is 5.82 Å². The molecule has 1 N–H and O–H groups in total. The monoisotopic (exact) mass is 233 g/mol. The Hall–Kier alpha value is -1.42. The third-order valence-electron chi connectivity index (χ3n) is 3.32. The molecule has 1 aromatic heterocycles. The van der Waals surface area contributed by atoms with Crippen LogP contribution in [-0.4, -0.2) is 35.4 Å². The van der Waals surface area contributed by atoms with Crippen LogP contribution in [0.2, 0.25) is 0 Å². The Morgan fingerprint density at radius 3 is 2.82 bits per heavy atom. The second-order valence-electron chi connectivity index (χ2n) is 4.41. The molecule has 0 aromatic carbocycles. The second kappa shape index (κ2) is 5.77. The average molecular weight is 233 g/mol. The van der Waals surface area contributed by atoms with Gasteiger partial charge in [0, 0.05) is 12.1 Å². The molecule has 1 saturated heterocycles. The Balaban J connectivity index is 1.85. The van der Waals surface area contributed by atoms with E-state index in [9.17, 15) is 4.79 Å². The van der Waals surface area contributed by atoms with E-state index in [1.54, 1.807) is 6.20 Å². The number of aromatic nitrogens is 1. The van der Waals surface area contributed by atoms with Crippen LogP contribution in [0.4, 0.5) is 5.82 Å². The fourth-order valence-electron chi connectivity index (χ4n) is 2.18. The smallest absolute Gasteiger partial charge is 0.228 e. The van der Waals surface area contributed by atoms with Crippen molar-refractivity contribution in [2.75, 3.05) is 25.0 Å². The lowest BCUT2D eigenvalue weighted by Gasteiger charge is -2.30. The van der Waals surface area contributed by atoms with Crippen LogP contribution in [0.1, 0.15) is 19.8 Å². The van der Waals surface area contributed by atoms with Crippen LogP contribution >= 0.6 is 0 Å². The zero-order valence-electron chi connectivity index (χ0n) is 10.2. The van der Waals surface area contributed by atoms with Gasteiger partial charge in [-0.15, -0.1) is 0 Å². The SMILES string of the molecule is CCN1CCC(C(=O)Nc2ccccn2)CC1. The molecule has 0 bridgehead atoms. The molecule has 0 atom stereocenters. The lowest BCUT2D eigenvalue weighted by Crippen LogP contribution is -2.38. The number of carbonyl (C=O) groups is 1. The Kier molecular flexibility index (Phi) is 4.09. The first kappa shape index (κ1) is 12.0. The maximum absolute atomic E-state index is 12.0. The summed E-state index contributed by atoms with van der Waals surface area (Å²) in [5.74, 6) is 0.898. The molecule has 1 amide bonds.